The van der Waals surface area contributed by atoms with Gasteiger partial charge in [0, 0.05) is 6.42 Å². The van der Waals surface area contributed by atoms with Gasteiger partial charge in [0.05, 0.1) is 6.42 Å². The van der Waals surface area contributed by atoms with E-state index in [1.807, 2.05) is 0 Å². The first kappa shape index (κ1) is 15.2. The van der Waals surface area contributed by atoms with Crippen LogP contribution >= 0.6 is 0 Å². The van der Waals surface area contributed by atoms with Crippen LogP contribution in [0.25, 0.3) is 0 Å². The molecule has 0 bridgehead atoms. The summed E-state index contributed by atoms with van der Waals surface area (Å²) in [5.41, 5.74) is -0.678. The number of aliphatic carboxylic acids is 1. The third kappa shape index (κ3) is 9.16. The van der Waals surface area contributed by atoms with Gasteiger partial charge in [-0.15, -0.1) is 0 Å². The quantitative estimate of drug-likeness (QED) is 0.533. The maximum Gasteiger partial charge on any atom is 0.410 e. The normalized spacial score (nSPS) is 12.4. The van der Waals surface area contributed by atoms with Gasteiger partial charge in [-0.3, -0.25) is 14.9 Å². The van der Waals surface area contributed by atoms with Crippen LogP contribution in [-0.4, -0.2) is 35.5 Å². The zero-order valence-corrected chi connectivity index (χ0v) is 10.1. The molecule has 98 valence electrons. The average Bonchev–Trinajstić information content (AvgIpc) is 2.11. The zero-order valence-electron chi connectivity index (χ0n) is 10.1. The Morgan fingerprint density at radius 3 is 2.41 bits per heavy atom. The van der Waals surface area contributed by atoms with E-state index in [0.717, 1.165) is 0 Å². The van der Waals surface area contributed by atoms with Crippen LogP contribution in [0.4, 0.5) is 4.79 Å². The summed E-state index contributed by atoms with van der Waals surface area (Å²) in [6.07, 6.45) is -2.02. The Balaban J connectivity index is 4.19. The first-order valence-electron chi connectivity index (χ1n) is 5.05. The number of carboxylic acid groups (broad SMARTS) is 1. The van der Waals surface area contributed by atoms with Crippen molar-refractivity contribution in [2.45, 2.75) is 45.4 Å². The summed E-state index contributed by atoms with van der Waals surface area (Å²) >= 11 is 0. The highest BCUT2D eigenvalue weighted by Gasteiger charge is 2.20. The molecule has 2 N–H and O–H groups in total. The van der Waals surface area contributed by atoms with Crippen LogP contribution in [0.15, 0.2) is 0 Å². The summed E-state index contributed by atoms with van der Waals surface area (Å²) in [6.45, 7) is 5.18. The lowest BCUT2D eigenvalue weighted by Gasteiger charge is -2.22. The lowest BCUT2D eigenvalue weighted by Crippen LogP contribution is -2.40. The van der Waals surface area contributed by atoms with Crippen LogP contribution in [0.2, 0.25) is 0 Å². The number of rotatable bonds is 6. The zero-order chi connectivity index (χ0) is 13.5. The van der Waals surface area contributed by atoms with Crippen molar-refractivity contribution in [3.63, 3.8) is 0 Å². The molecule has 0 radical (unpaired) electrons. The van der Waals surface area contributed by atoms with E-state index >= 15 is 0 Å². The minimum absolute atomic E-state index is 0.0205. The molecule has 0 saturated heterocycles. The van der Waals surface area contributed by atoms with Crippen molar-refractivity contribution < 1.29 is 29.0 Å². The molecule has 0 aliphatic rings. The third-order valence-corrected chi connectivity index (χ3v) is 1.52. The summed E-state index contributed by atoms with van der Waals surface area (Å²) < 4.78 is 9.45. The molecular formula is C10H17NO6. The van der Waals surface area contributed by atoms with Crippen LogP contribution in [0.1, 0.15) is 33.6 Å². The molecule has 17 heavy (non-hydrogen) atoms. The Labute approximate surface area is 99.1 Å². The van der Waals surface area contributed by atoms with Gasteiger partial charge in [0.25, 0.3) is 6.47 Å². The maximum absolute atomic E-state index is 11.3. The Bertz CT molecular complexity index is 283. The first-order valence-corrected chi connectivity index (χ1v) is 5.05. The summed E-state index contributed by atoms with van der Waals surface area (Å²) in [5, 5.41) is 10.7. The Hall–Kier alpha value is -1.79. The predicted octanol–water partition coefficient (Wildman–Crippen LogP) is 0.875. The average molecular weight is 247 g/mol. The number of nitrogens with one attached hydrogen (secondary N) is 1. The van der Waals surface area contributed by atoms with E-state index in [-0.39, 0.29) is 19.3 Å². The highest BCUT2D eigenvalue weighted by molar-refractivity contribution is 5.69. The SMILES string of the molecule is CC(C)(C)OC(=O)N[C@@H](CCC(=O)O)OC=O. The molecule has 0 aliphatic carbocycles. The maximum atomic E-state index is 11.3. The summed E-state index contributed by atoms with van der Waals surface area (Å²) in [6, 6.07) is 0. The van der Waals surface area contributed by atoms with Gasteiger partial charge in [-0.2, -0.15) is 0 Å². The number of carbonyl (C=O) groups excluding carboxylic acids is 2. The van der Waals surface area contributed by atoms with Crippen molar-refractivity contribution in [3.05, 3.63) is 0 Å². The van der Waals surface area contributed by atoms with Gasteiger partial charge in [-0.05, 0) is 20.8 Å². The van der Waals surface area contributed by atoms with E-state index in [9.17, 15) is 14.4 Å². The van der Waals surface area contributed by atoms with Gasteiger partial charge in [0.1, 0.15) is 5.60 Å². The molecule has 7 heteroatoms. The van der Waals surface area contributed by atoms with E-state index in [1.54, 1.807) is 20.8 Å². The molecule has 0 aromatic heterocycles. The van der Waals surface area contributed by atoms with E-state index in [2.05, 4.69) is 10.1 Å². The largest absolute Gasteiger partial charge is 0.481 e. The third-order valence-electron chi connectivity index (χ3n) is 1.52. The topological polar surface area (TPSA) is 102 Å². The standard InChI is InChI=1S/C10H17NO6/c1-10(2,3)17-9(15)11-7(16-6-12)4-5-8(13)14/h6-7H,4-5H2,1-3H3,(H,11,15)(H,13,14)/t7-/m1/s1. The lowest BCUT2D eigenvalue weighted by molar-refractivity contribution is -0.141. The molecule has 0 saturated carbocycles. The van der Waals surface area contributed by atoms with Crippen LogP contribution in [0, 0.1) is 0 Å². The van der Waals surface area contributed by atoms with Crippen LogP contribution in [0.5, 0.6) is 0 Å². The Kier molecular flexibility index (Phi) is 6.01. The minimum Gasteiger partial charge on any atom is -0.481 e. The van der Waals surface area contributed by atoms with Gasteiger partial charge in [0.2, 0.25) is 0 Å². The second-order valence-electron chi connectivity index (χ2n) is 4.30. The molecular weight excluding hydrogens is 230 g/mol. The molecule has 7 nitrogen and oxygen atoms in total. The number of carboxylic acids is 1. The summed E-state index contributed by atoms with van der Waals surface area (Å²) in [7, 11) is 0. The Morgan fingerprint density at radius 2 is 2.00 bits per heavy atom. The fourth-order valence-corrected chi connectivity index (χ4v) is 0.935. The van der Waals surface area contributed by atoms with Gasteiger partial charge < -0.3 is 14.6 Å². The molecule has 0 unspecified atom stereocenters. The van der Waals surface area contributed by atoms with Gasteiger partial charge in [0.15, 0.2) is 6.23 Å². The molecule has 0 rings (SSSR count). The number of hydrogen-bond acceptors (Lipinski definition) is 5. The highest BCUT2D eigenvalue weighted by Crippen LogP contribution is 2.07. The van der Waals surface area contributed by atoms with E-state index in [0.29, 0.717) is 0 Å². The first-order chi connectivity index (χ1) is 7.74. The van der Waals surface area contributed by atoms with Crippen LogP contribution in [-0.2, 0) is 19.1 Å². The second kappa shape index (κ2) is 6.72. The molecule has 1 atom stereocenters. The van der Waals surface area contributed by atoms with E-state index in [1.165, 1.54) is 0 Å². The summed E-state index contributed by atoms with van der Waals surface area (Å²) in [4.78, 5) is 31.8. The van der Waals surface area contributed by atoms with Crippen LogP contribution < -0.4 is 5.32 Å². The number of carbonyl (C=O) groups is 3. The van der Waals surface area contributed by atoms with Gasteiger partial charge in [-0.25, -0.2) is 4.79 Å². The van der Waals surface area contributed by atoms with Crippen LogP contribution in [0.3, 0.4) is 0 Å². The van der Waals surface area contributed by atoms with E-state index < -0.39 is 23.9 Å². The minimum atomic E-state index is -1.05. The lowest BCUT2D eigenvalue weighted by atomic mass is 10.2. The smallest absolute Gasteiger partial charge is 0.410 e. The molecule has 0 aromatic carbocycles. The number of alkyl carbamates (subject to hydrolysis) is 1. The fourth-order valence-electron chi connectivity index (χ4n) is 0.935. The molecule has 0 spiro atoms. The molecule has 0 fully saturated rings. The molecule has 0 heterocycles. The number of hydrogen-bond donors (Lipinski definition) is 2. The van der Waals surface area contributed by atoms with Crippen molar-refractivity contribution in [3.8, 4) is 0 Å². The predicted molar refractivity (Wildman–Crippen MR) is 57.2 cm³/mol. The fraction of sp³-hybridized carbons (Fsp3) is 0.700. The number of ether oxygens (including phenoxy) is 2. The Morgan fingerprint density at radius 1 is 1.41 bits per heavy atom. The highest BCUT2D eigenvalue weighted by atomic mass is 16.6. The van der Waals surface area contributed by atoms with E-state index in [4.69, 9.17) is 9.84 Å². The summed E-state index contributed by atoms with van der Waals surface area (Å²) in [5.74, 6) is -1.05. The van der Waals surface area contributed by atoms with Crippen molar-refractivity contribution in [2.75, 3.05) is 0 Å². The van der Waals surface area contributed by atoms with Crippen molar-refractivity contribution in [1.82, 2.24) is 5.32 Å². The molecule has 1 amide bonds. The van der Waals surface area contributed by atoms with Crippen molar-refractivity contribution in [2.24, 2.45) is 0 Å². The monoisotopic (exact) mass is 247 g/mol. The second-order valence-corrected chi connectivity index (χ2v) is 4.30. The number of amides is 1. The van der Waals surface area contributed by atoms with Gasteiger partial charge >= 0.3 is 12.1 Å². The molecule has 0 aromatic rings. The van der Waals surface area contributed by atoms with Crippen molar-refractivity contribution >= 4 is 18.5 Å². The van der Waals surface area contributed by atoms with Gasteiger partial charge in [-0.1, -0.05) is 0 Å². The van der Waals surface area contributed by atoms with Crippen molar-refractivity contribution in [1.29, 1.82) is 0 Å². The molecule has 0 aliphatic heterocycles.